The van der Waals surface area contributed by atoms with Crippen molar-refractivity contribution in [3.8, 4) is 0 Å². The first-order valence-electron chi connectivity index (χ1n) is 5.83. The molecule has 0 aliphatic rings. The smallest absolute Gasteiger partial charge is 0.141 e. The van der Waals surface area contributed by atoms with Crippen LogP contribution in [0.4, 0.5) is 5.82 Å². The first-order valence-corrected chi connectivity index (χ1v) is 6.21. The minimum atomic E-state index is -0.0262. The molecular formula is C14H15ClN4. The standard InChI is InChI=1S/C14H15ClN4/c1-19(9-10-5-7-11(15)8-6-10)13-4-2-3-12(18-13)14(16)17/h2-8H,9H2,1H3,(H3,16,17). The Morgan fingerprint density at radius 3 is 2.58 bits per heavy atom. The first kappa shape index (κ1) is 13.4. The maximum atomic E-state index is 7.40. The second kappa shape index (κ2) is 5.71. The molecule has 0 bridgehead atoms. The van der Waals surface area contributed by atoms with Gasteiger partial charge in [-0.15, -0.1) is 0 Å². The van der Waals surface area contributed by atoms with E-state index in [1.165, 1.54) is 0 Å². The van der Waals surface area contributed by atoms with Gasteiger partial charge in [0.2, 0.25) is 0 Å². The van der Waals surface area contributed by atoms with Crippen LogP contribution in [0.1, 0.15) is 11.3 Å². The van der Waals surface area contributed by atoms with Gasteiger partial charge in [-0.05, 0) is 29.8 Å². The molecular weight excluding hydrogens is 260 g/mol. The van der Waals surface area contributed by atoms with Crippen LogP contribution in [-0.2, 0) is 6.54 Å². The Labute approximate surface area is 117 Å². The maximum absolute atomic E-state index is 7.40. The summed E-state index contributed by atoms with van der Waals surface area (Å²) in [7, 11) is 1.95. The molecule has 0 radical (unpaired) electrons. The van der Waals surface area contributed by atoms with Crippen LogP contribution in [-0.4, -0.2) is 17.9 Å². The van der Waals surface area contributed by atoms with Crippen LogP contribution in [0, 0.1) is 5.41 Å². The van der Waals surface area contributed by atoms with Gasteiger partial charge in [0.15, 0.2) is 0 Å². The first-order chi connectivity index (χ1) is 9.06. The molecule has 1 aromatic heterocycles. The van der Waals surface area contributed by atoms with E-state index in [0.717, 1.165) is 16.4 Å². The molecule has 1 aromatic carbocycles. The highest BCUT2D eigenvalue weighted by molar-refractivity contribution is 6.30. The Balaban J connectivity index is 2.15. The SMILES string of the molecule is CN(Cc1ccc(Cl)cc1)c1cccc(C(=N)N)n1. The number of benzene rings is 1. The number of nitrogens with zero attached hydrogens (tertiary/aromatic N) is 2. The van der Waals surface area contributed by atoms with E-state index in [1.807, 2.05) is 48.3 Å². The summed E-state index contributed by atoms with van der Waals surface area (Å²) in [5, 5.41) is 8.12. The zero-order chi connectivity index (χ0) is 13.8. The number of anilines is 1. The van der Waals surface area contributed by atoms with Crippen molar-refractivity contribution in [3.63, 3.8) is 0 Å². The van der Waals surface area contributed by atoms with Crippen molar-refractivity contribution in [2.24, 2.45) is 5.73 Å². The molecule has 0 fully saturated rings. The summed E-state index contributed by atoms with van der Waals surface area (Å²) in [4.78, 5) is 6.33. The number of rotatable bonds is 4. The molecule has 19 heavy (non-hydrogen) atoms. The number of aromatic nitrogens is 1. The van der Waals surface area contributed by atoms with Crippen LogP contribution in [0.5, 0.6) is 0 Å². The molecule has 0 aliphatic heterocycles. The van der Waals surface area contributed by atoms with Gasteiger partial charge in [-0.2, -0.15) is 0 Å². The summed E-state index contributed by atoms with van der Waals surface area (Å²) in [6.45, 7) is 0.714. The van der Waals surface area contributed by atoms with Gasteiger partial charge in [-0.1, -0.05) is 29.8 Å². The third-order valence-corrected chi connectivity index (χ3v) is 2.99. The predicted molar refractivity (Wildman–Crippen MR) is 78.8 cm³/mol. The number of hydrogen-bond donors (Lipinski definition) is 2. The van der Waals surface area contributed by atoms with Gasteiger partial charge in [0.1, 0.15) is 17.3 Å². The van der Waals surface area contributed by atoms with Gasteiger partial charge in [0.25, 0.3) is 0 Å². The Morgan fingerprint density at radius 2 is 1.95 bits per heavy atom. The van der Waals surface area contributed by atoms with E-state index >= 15 is 0 Å². The maximum Gasteiger partial charge on any atom is 0.141 e. The third-order valence-electron chi connectivity index (χ3n) is 2.73. The van der Waals surface area contributed by atoms with Crippen molar-refractivity contribution in [2.45, 2.75) is 6.54 Å². The normalized spacial score (nSPS) is 10.2. The summed E-state index contributed by atoms with van der Waals surface area (Å²) in [6.07, 6.45) is 0. The topological polar surface area (TPSA) is 66.0 Å². The summed E-state index contributed by atoms with van der Waals surface area (Å²) in [6, 6.07) is 13.2. The minimum Gasteiger partial charge on any atom is -0.382 e. The van der Waals surface area contributed by atoms with E-state index < -0.39 is 0 Å². The minimum absolute atomic E-state index is 0.0262. The zero-order valence-electron chi connectivity index (χ0n) is 10.6. The van der Waals surface area contributed by atoms with Gasteiger partial charge in [-0.25, -0.2) is 4.98 Å². The second-order valence-electron chi connectivity index (χ2n) is 4.28. The lowest BCUT2D eigenvalue weighted by molar-refractivity contribution is 0.896. The molecule has 5 heteroatoms. The third kappa shape index (κ3) is 3.45. The monoisotopic (exact) mass is 274 g/mol. The number of nitrogens with two attached hydrogens (primary N) is 1. The van der Waals surface area contributed by atoms with Gasteiger partial charge in [0, 0.05) is 18.6 Å². The largest absolute Gasteiger partial charge is 0.382 e. The van der Waals surface area contributed by atoms with Gasteiger partial charge in [0.05, 0.1) is 0 Å². The van der Waals surface area contributed by atoms with Crippen molar-refractivity contribution in [2.75, 3.05) is 11.9 Å². The molecule has 0 saturated carbocycles. The van der Waals surface area contributed by atoms with E-state index in [0.29, 0.717) is 12.2 Å². The molecule has 1 heterocycles. The average molecular weight is 275 g/mol. The van der Waals surface area contributed by atoms with Crippen LogP contribution < -0.4 is 10.6 Å². The molecule has 0 spiro atoms. The van der Waals surface area contributed by atoms with Gasteiger partial charge in [-0.3, -0.25) is 5.41 Å². The number of nitrogens with one attached hydrogen (secondary N) is 1. The number of halogens is 1. The van der Waals surface area contributed by atoms with Crippen molar-refractivity contribution >= 4 is 23.3 Å². The van der Waals surface area contributed by atoms with Crippen molar-refractivity contribution in [1.29, 1.82) is 5.41 Å². The van der Waals surface area contributed by atoms with Crippen LogP contribution in [0.25, 0.3) is 0 Å². The average Bonchev–Trinajstić information content (AvgIpc) is 2.41. The predicted octanol–water partition coefficient (Wildman–Crippen LogP) is 2.66. The van der Waals surface area contributed by atoms with Crippen molar-refractivity contribution < 1.29 is 0 Å². The van der Waals surface area contributed by atoms with Crippen molar-refractivity contribution in [3.05, 3.63) is 58.7 Å². The molecule has 0 saturated heterocycles. The number of hydrogen-bond acceptors (Lipinski definition) is 3. The molecule has 0 unspecified atom stereocenters. The molecule has 98 valence electrons. The van der Waals surface area contributed by atoms with Gasteiger partial charge >= 0.3 is 0 Å². The number of nitrogen functional groups attached to an aromatic ring is 1. The Kier molecular flexibility index (Phi) is 4.02. The van der Waals surface area contributed by atoms with E-state index in [4.69, 9.17) is 22.7 Å². The van der Waals surface area contributed by atoms with Crippen LogP contribution >= 0.6 is 11.6 Å². The lowest BCUT2D eigenvalue weighted by Crippen LogP contribution is -2.20. The lowest BCUT2D eigenvalue weighted by atomic mass is 10.2. The Morgan fingerprint density at radius 1 is 1.26 bits per heavy atom. The molecule has 4 nitrogen and oxygen atoms in total. The van der Waals surface area contributed by atoms with E-state index in [9.17, 15) is 0 Å². The molecule has 0 amide bonds. The second-order valence-corrected chi connectivity index (χ2v) is 4.71. The summed E-state index contributed by atoms with van der Waals surface area (Å²) in [5.41, 5.74) is 7.07. The van der Waals surface area contributed by atoms with E-state index in [-0.39, 0.29) is 5.84 Å². The Hall–Kier alpha value is -2.07. The van der Waals surface area contributed by atoms with Crippen LogP contribution in [0.15, 0.2) is 42.5 Å². The van der Waals surface area contributed by atoms with E-state index in [1.54, 1.807) is 6.07 Å². The fourth-order valence-corrected chi connectivity index (χ4v) is 1.86. The summed E-state index contributed by atoms with van der Waals surface area (Å²) >= 11 is 5.86. The molecule has 3 N–H and O–H groups in total. The van der Waals surface area contributed by atoms with Crippen LogP contribution in [0.3, 0.4) is 0 Å². The zero-order valence-corrected chi connectivity index (χ0v) is 11.4. The molecule has 0 atom stereocenters. The summed E-state index contributed by atoms with van der Waals surface area (Å²) < 4.78 is 0. The fraction of sp³-hybridized carbons (Fsp3) is 0.143. The van der Waals surface area contributed by atoms with Gasteiger partial charge < -0.3 is 10.6 Å². The van der Waals surface area contributed by atoms with E-state index in [2.05, 4.69) is 4.98 Å². The van der Waals surface area contributed by atoms with Crippen LogP contribution in [0.2, 0.25) is 5.02 Å². The Bertz CT molecular complexity index is 580. The summed E-state index contributed by atoms with van der Waals surface area (Å²) in [5.74, 6) is 0.754. The lowest BCUT2D eigenvalue weighted by Gasteiger charge is -2.18. The molecule has 2 rings (SSSR count). The highest BCUT2D eigenvalue weighted by Crippen LogP contribution is 2.15. The fourth-order valence-electron chi connectivity index (χ4n) is 1.73. The van der Waals surface area contributed by atoms with Crippen molar-refractivity contribution in [1.82, 2.24) is 4.98 Å². The molecule has 2 aromatic rings. The highest BCUT2D eigenvalue weighted by atomic mass is 35.5. The number of pyridine rings is 1. The highest BCUT2D eigenvalue weighted by Gasteiger charge is 2.06. The quantitative estimate of drug-likeness (QED) is 0.665. The molecule has 0 aliphatic carbocycles. The number of amidine groups is 1.